The van der Waals surface area contributed by atoms with Gasteiger partial charge in [0.2, 0.25) is 0 Å². The maximum atomic E-state index is 6.21. The van der Waals surface area contributed by atoms with Crippen molar-refractivity contribution in [3.8, 4) is 0 Å². The van der Waals surface area contributed by atoms with Gasteiger partial charge in [0.05, 0.1) is 33.7 Å². The Morgan fingerprint density at radius 2 is 2.00 bits per heavy atom. The van der Waals surface area contributed by atoms with Crippen LogP contribution in [-0.2, 0) is 6.54 Å². The summed E-state index contributed by atoms with van der Waals surface area (Å²) in [6, 6.07) is 3.74. The van der Waals surface area contributed by atoms with Gasteiger partial charge in [-0.3, -0.25) is 4.68 Å². The van der Waals surface area contributed by atoms with Crippen LogP contribution in [0.1, 0.15) is 30.4 Å². The lowest BCUT2D eigenvalue weighted by atomic mass is 10.3. The molecule has 2 heterocycles. The van der Waals surface area contributed by atoms with Gasteiger partial charge in [-0.25, -0.2) is 4.98 Å². The third kappa shape index (κ3) is 3.25. The lowest BCUT2D eigenvalue weighted by molar-refractivity contribution is 0.647. The van der Waals surface area contributed by atoms with Gasteiger partial charge in [-0.15, -0.1) is 0 Å². The van der Waals surface area contributed by atoms with Crippen LogP contribution in [0.25, 0.3) is 0 Å². The predicted octanol–water partition coefficient (Wildman–Crippen LogP) is 4.07. The molecule has 2 aromatic rings. The molecular formula is C14H18Cl2N4. The average Bonchev–Trinajstić information content (AvgIpc) is 2.67. The molecule has 20 heavy (non-hydrogen) atoms. The van der Waals surface area contributed by atoms with Crippen molar-refractivity contribution >= 4 is 29.0 Å². The molecule has 0 fully saturated rings. The molecule has 0 aliphatic rings. The van der Waals surface area contributed by atoms with E-state index in [-0.39, 0.29) is 0 Å². The number of aromatic nitrogens is 3. The zero-order valence-corrected chi connectivity index (χ0v) is 13.4. The Hall–Kier alpha value is -1.26. The topological polar surface area (TPSA) is 42.7 Å². The van der Waals surface area contributed by atoms with Gasteiger partial charge in [-0.2, -0.15) is 5.10 Å². The van der Waals surface area contributed by atoms with Crippen molar-refractivity contribution in [3.63, 3.8) is 0 Å². The van der Waals surface area contributed by atoms with Crippen molar-refractivity contribution in [2.24, 2.45) is 0 Å². The van der Waals surface area contributed by atoms with Crippen molar-refractivity contribution in [2.45, 2.75) is 33.7 Å². The van der Waals surface area contributed by atoms with E-state index in [2.05, 4.69) is 22.3 Å². The number of nitrogens with one attached hydrogen (secondary N) is 1. The predicted molar refractivity (Wildman–Crippen MR) is 83.8 cm³/mol. The molecule has 0 aliphatic heterocycles. The molecule has 2 aromatic heterocycles. The van der Waals surface area contributed by atoms with Crippen molar-refractivity contribution in [2.75, 3.05) is 11.9 Å². The minimum absolute atomic E-state index is 0.514. The van der Waals surface area contributed by atoms with Gasteiger partial charge in [-0.1, -0.05) is 30.1 Å². The van der Waals surface area contributed by atoms with Gasteiger partial charge in [-0.05, 0) is 32.4 Å². The first-order valence-corrected chi connectivity index (χ1v) is 7.37. The Morgan fingerprint density at radius 3 is 2.60 bits per heavy atom. The average molecular weight is 313 g/mol. The van der Waals surface area contributed by atoms with E-state index in [1.165, 1.54) is 0 Å². The number of rotatable bonds is 5. The molecule has 4 nitrogen and oxygen atoms in total. The van der Waals surface area contributed by atoms with Crippen LogP contribution in [0.2, 0.25) is 10.0 Å². The first-order chi connectivity index (χ1) is 9.52. The standard InChI is InChI=1S/C14H18Cl2N4/c1-4-7-17-13-6-5-11(15)12(18-13)8-20-10(3)14(16)9(2)19-20/h5-6H,4,7-8H2,1-3H3,(H,17,18). The Balaban J connectivity index is 2.25. The molecule has 108 valence electrons. The van der Waals surface area contributed by atoms with Crippen LogP contribution in [0.5, 0.6) is 0 Å². The fraction of sp³-hybridized carbons (Fsp3) is 0.429. The van der Waals surface area contributed by atoms with Crippen LogP contribution < -0.4 is 5.32 Å². The fourth-order valence-electron chi connectivity index (χ4n) is 1.92. The van der Waals surface area contributed by atoms with Gasteiger partial charge in [0.1, 0.15) is 5.82 Å². The molecule has 0 saturated carbocycles. The molecule has 0 amide bonds. The summed E-state index contributed by atoms with van der Waals surface area (Å²) in [6.07, 6.45) is 1.05. The molecule has 6 heteroatoms. The molecular weight excluding hydrogens is 295 g/mol. The minimum Gasteiger partial charge on any atom is -0.370 e. The quantitative estimate of drug-likeness (QED) is 0.905. The summed E-state index contributed by atoms with van der Waals surface area (Å²) < 4.78 is 1.83. The van der Waals surface area contributed by atoms with Gasteiger partial charge in [0.25, 0.3) is 0 Å². The third-order valence-corrected chi connectivity index (χ3v) is 3.96. The summed E-state index contributed by atoms with van der Waals surface area (Å²) in [5, 5.41) is 8.99. The maximum absolute atomic E-state index is 6.21. The zero-order chi connectivity index (χ0) is 14.7. The van der Waals surface area contributed by atoms with Crippen LogP contribution >= 0.6 is 23.2 Å². The van der Waals surface area contributed by atoms with Gasteiger partial charge >= 0.3 is 0 Å². The van der Waals surface area contributed by atoms with Crippen molar-refractivity contribution in [3.05, 3.63) is 39.3 Å². The molecule has 0 spiro atoms. The molecule has 0 aromatic carbocycles. The number of hydrogen-bond donors (Lipinski definition) is 1. The second-order valence-corrected chi connectivity index (χ2v) is 5.48. The highest BCUT2D eigenvalue weighted by Crippen LogP contribution is 2.22. The Bertz CT molecular complexity index is 607. The van der Waals surface area contributed by atoms with Crippen LogP contribution in [0, 0.1) is 13.8 Å². The van der Waals surface area contributed by atoms with Gasteiger partial charge in [0, 0.05) is 6.54 Å². The van der Waals surface area contributed by atoms with Crippen LogP contribution in [0.4, 0.5) is 5.82 Å². The van der Waals surface area contributed by atoms with Crippen molar-refractivity contribution in [1.82, 2.24) is 14.8 Å². The molecule has 0 atom stereocenters. The lowest BCUT2D eigenvalue weighted by Gasteiger charge is -2.09. The van der Waals surface area contributed by atoms with E-state index in [0.29, 0.717) is 16.6 Å². The molecule has 0 saturated heterocycles. The summed E-state index contributed by atoms with van der Waals surface area (Å²) in [7, 11) is 0. The minimum atomic E-state index is 0.514. The number of anilines is 1. The van der Waals surface area contributed by atoms with Crippen molar-refractivity contribution in [1.29, 1.82) is 0 Å². The molecule has 0 aliphatic carbocycles. The van der Waals surface area contributed by atoms with E-state index in [1.54, 1.807) is 0 Å². The summed E-state index contributed by atoms with van der Waals surface area (Å²) in [6.45, 7) is 7.34. The highest BCUT2D eigenvalue weighted by Gasteiger charge is 2.12. The number of halogens is 2. The summed E-state index contributed by atoms with van der Waals surface area (Å²) in [4.78, 5) is 4.54. The van der Waals surface area contributed by atoms with E-state index < -0.39 is 0 Å². The fourth-order valence-corrected chi connectivity index (χ4v) is 2.22. The van der Waals surface area contributed by atoms with E-state index in [1.807, 2.05) is 30.7 Å². The van der Waals surface area contributed by atoms with Crippen LogP contribution in [0.3, 0.4) is 0 Å². The monoisotopic (exact) mass is 312 g/mol. The van der Waals surface area contributed by atoms with Crippen molar-refractivity contribution < 1.29 is 0 Å². The number of pyridine rings is 1. The lowest BCUT2D eigenvalue weighted by Crippen LogP contribution is -2.09. The zero-order valence-electron chi connectivity index (χ0n) is 11.9. The normalized spacial score (nSPS) is 10.8. The number of hydrogen-bond acceptors (Lipinski definition) is 3. The first-order valence-electron chi connectivity index (χ1n) is 6.61. The van der Waals surface area contributed by atoms with E-state index in [9.17, 15) is 0 Å². The van der Waals surface area contributed by atoms with Gasteiger partial charge in [0.15, 0.2) is 0 Å². The maximum Gasteiger partial charge on any atom is 0.126 e. The number of nitrogens with zero attached hydrogens (tertiary/aromatic N) is 3. The highest BCUT2D eigenvalue weighted by molar-refractivity contribution is 6.32. The smallest absolute Gasteiger partial charge is 0.126 e. The van der Waals surface area contributed by atoms with Crippen LogP contribution in [0.15, 0.2) is 12.1 Å². The highest BCUT2D eigenvalue weighted by atomic mass is 35.5. The molecule has 0 unspecified atom stereocenters. The molecule has 0 bridgehead atoms. The summed E-state index contributed by atoms with van der Waals surface area (Å²) in [5.41, 5.74) is 2.53. The second kappa shape index (κ2) is 6.46. The van der Waals surface area contributed by atoms with E-state index in [0.717, 1.165) is 35.9 Å². The van der Waals surface area contributed by atoms with Crippen LogP contribution in [-0.4, -0.2) is 21.3 Å². The third-order valence-electron chi connectivity index (χ3n) is 3.07. The first kappa shape index (κ1) is 15.1. The SMILES string of the molecule is CCCNc1ccc(Cl)c(Cn2nc(C)c(Cl)c2C)n1. The summed E-state index contributed by atoms with van der Waals surface area (Å²) in [5.74, 6) is 0.832. The summed E-state index contributed by atoms with van der Waals surface area (Å²) >= 11 is 12.4. The Morgan fingerprint density at radius 1 is 1.25 bits per heavy atom. The van der Waals surface area contributed by atoms with E-state index >= 15 is 0 Å². The molecule has 1 N–H and O–H groups in total. The van der Waals surface area contributed by atoms with Gasteiger partial charge < -0.3 is 5.32 Å². The molecule has 2 rings (SSSR count). The second-order valence-electron chi connectivity index (χ2n) is 4.69. The van der Waals surface area contributed by atoms with E-state index in [4.69, 9.17) is 23.2 Å². The Kier molecular flexibility index (Phi) is 4.89. The molecule has 0 radical (unpaired) electrons. The largest absolute Gasteiger partial charge is 0.370 e. The number of aryl methyl sites for hydroxylation is 1. The Labute approximate surface area is 129 Å².